The fourth-order valence-corrected chi connectivity index (χ4v) is 4.57. The molecule has 0 aromatic carbocycles. The topological polar surface area (TPSA) is 15.3 Å². The van der Waals surface area contributed by atoms with Crippen molar-refractivity contribution in [2.24, 2.45) is 0 Å². The molecule has 0 amide bonds. The number of hydrogen-bond donors (Lipinski definition) is 1. The Kier molecular flexibility index (Phi) is 5.52. The van der Waals surface area contributed by atoms with Crippen molar-refractivity contribution in [1.29, 1.82) is 0 Å². The summed E-state index contributed by atoms with van der Waals surface area (Å²) in [7, 11) is 0. The molecule has 2 nitrogen and oxygen atoms in total. The van der Waals surface area contributed by atoms with Gasteiger partial charge in [-0.05, 0) is 25.9 Å². The van der Waals surface area contributed by atoms with Crippen LogP contribution in [-0.2, 0) is 0 Å². The van der Waals surface area contributed by atoms with Crippen LogP contribution >= 0.6 is 23.5 Å². The maximum absolute atomic E-state index is 3.64. The molecular weight excluding hydrogens is 248 g/mol. The Bertz CT molecular complexity index is 227. The molecule has 100 valence electrons. The molecule has 1 unspecified atom stereocenters. The molecule has 2 saturated heterocycles. The van der Waals surface area contributed by atoms with Crippen LogP contribution < -0.4 is 5.32 Å². The zero-order valence-corrected chi connectivity index (χ0v) is 12.8. The highest BCUT2D eigenvalue weighted by Crippen LogP contribution is 2.30. The summed E-state index contributed by atoms with van der Waals surface area (Å²) in [5.41, 5.74) is 0. The Hall–Kier alpha value is 0.620. The predicted octanol–water partition coefficient (Wildman–Crippen LogP) is 2.30. The summed E-state index contributed by atoms with van der Waals surface area (Å²) < 4.78 is 0.494. The van der Waals surface area contributed by atoms with Gasteiger partial charge in [-0.25, -0.2) is 0 Å². The fraction of sp³-hybridized carbons (Fsp3) is 1.00. The van der Waals surface area contributed by atoms with Crippen LogP contribution in [0.5, 0.6) is 0 Å². The van der Waals surface area contributed by atoms with Crippen molar-refractivity contribution in [2.75, 3.05) is 43.4 Å². The summed E-state index contributed by atoms with van der Waals surface area (Å²) >= 11 is 4.25. The minimum Gasteiger partial charge on any atom is -0.312 e. The van der Waals surface area contributed by atoms with Crippen molar-refractivity contribution in [3.05, 3.63) is 0 Å². The summed E-state index contributed by atoms with van der Waals surface area (Å²) in [6.07, 6.45) is 2.67. The van der Waals surface area contributed by atoms with E-state index in [1.165, 1.54) is 56.3 Å². The zero-order chi connectivity index (χ0) is 12.1. The third-order valence-corrected chi connectivity index (χ3v) is 6.23. The van der Waals surface area contributed by atoms with Gasteiger partial charge in [0.25, 0.3) is 0 Å². The largest absolute Gasteiger partial charge is 0.312 e. The average molecular weight is 274 g/mol. The van der Waals surface area contributed by atoms with Crippen LogP contribution in [0.3, 0.4) is 0 Å². The van der Waals surface area contributed by atoms with Crippen molar-refractivity contribution in [2.45, 2.75) is 37.5 Å². The molecule has 0 bridgehead atoms. The van der Waals surface area contributed by atoms with Gasteiger partial charge >= 0.3 is 0 Å². The van der Waals surface area contributed by atoms with Crippen molar-refractivity contribution < 1.29 is 0 Å². The molecule has 0 saturated carbocycles. The smallest absolute Gasteiger partial charge is 0.0170 e. The first-order valence-corrected chi connectivity index (χ1v) is 8.97. The van der Waals surface area contributed by atoms with E-state index in [9.17, 15) is 0 Å². The lowest BCUT2D eigenvalue weighted by Crippen LogP contribution is -2.40. The quantitative estimate of drug-likeness (QED) is 0.849. The number of nitrogens with zero attached hydrogens (tertiary/aromatic N) is 1. The minimum absolute atomic E-state index is 0.494. The normalized spacial score (nSPS) is 31.1. The van der Waals surface area contributed by atoms with E-state index in [2.05, 4.69) is 47.6 Å². The first kappa shape index (κ1) is 14.0. The number of rotatable bonds is 3. The van der Waals surface area contributed by atoms with Gasteiger partial charge in [-0.1, -0.05) is 13.8 Å². The first-order valence-electron chi connectivity index (χ1n) is 6.83. The van der Waals surface area contributed by atoms with Gasteiger partial charge in [0.15, 0.2) is 0 Å². The summed E-state index contributed by atoms with van der Waals surface area (Å²) in [5.74, 6) is 3.92. The summed E-state index contributed by atoms with van der Waals surface area (Å²) in [6.45, 7) is 9.85. The van der Waals surface area contributed by atoms with Crippen LogP contribution in [0.2, 0.25) is 0 Å². The third kappa shape index (κ3) is 5.01. The van der Waals surface area contributed by atoms with E-state index in [1.807, 2.05) is 0 Å². The molecule has 1 N–H and O–H groups in total. The van der Waals surface area contributed by atoms with E-state index in [1.54, 1.807) is 0 Å². The molecule has 2 fully saturated rings. The van der Waals surface area contributed by atoms with Crippen LogP contribution in [0, 0.1) is 0 Å². The number of nitrogens with one attached hydrogen (secondary N) is 1. The monoisotopic (exact) mass is 274 g/mol. The molecule has 2 aliphatic heterocycles. The maximum atomic E-state index is 3.64. The highest BCUT2D eigenvalue weighted by atomic mass is 32.2. The average Bonchev–Trinajstić information content (AvgIpc) is 2.49. The highest BCUT2D eigenvalue weighted by molar-refractivity contribution is 8.00. The third-order valence-electron chi connectivity index (χ3n) is 3.72. The van der Waals surface area contributed by atoms with Crippen LogP contribution in [-0.4, -0.2) is 59.1 Å². The second-order valence-corrected chi connectivity index (χ2v) is 8.67. The Morgan fingerprint density at radius 3 is 2.94 bits per heavy atom. The molecular formula is C13H26N2S2. The molecule has 4 heteroatoms. The molecule has 2 aliphatic rings. The SMILES string of the molecule is CC1(C)CCN(CCC2CSCCN2)CCS1. The van der Waals surface area contributed by atoms with Crippen LogP contribution in [0.1, 0.15) is 26.7 Å². The number of hydrogen-bond acceptors (Lipinski definition) is 4. The highest BCUT2D eigenvalue weighted by Gasteiger charge is 2.24. The lowest BCUT2D eigenvalue weighted by molar-refractivity contribution is 0.269. The van der Waals surface area contributed by atoms with Crippen molar-refractivity contribution in [3.63, 3.8) is 0 Å². The Morgan fingerprint density at radius 1 is 1.29 bits per heavy atom. The molecule has 2 rings (SSSR count). The van der Waals surface area contributed by atoms with E-state index < -0.39 is 0 Å². The Balaban J connectivity index is 1.68. The second kappa shape index (κ2) is 6.69. The Morgan fingerprint density at radius 2 is 2.18 bits per heavy atom. The molecule has 0 aromatic heterocycles. The van der Waals surface area contributed by atoms with E-state index in [4.69, 9.17) is 0 Å². The number of thioether (sulfide) groups is 2. The summed E-state index contributed by atoms with van der Waals surface area (Å²) in [4.78, 5) is 2.67. The van der Waals surface area contributed by atoms with Gasteiger partial charge in [0.05, 0.1) is 0 Å². The van der Waals surface area contributed by atoms with Gasteiger partial charge in [0, 0.05) is 41.1 Å². The molecule has 0 spiro atoms. The van der Waals surface area contributed by atoms with Crippen molar-refractivity contribution >= 4 is 23.5 Å². The van der Waals surface area contributed by atoms with Crippen LogP contribution in [0.4, 0.5) is 0 Å². The molecule has 0 radical (unpaired) electrons. The van der Waals surface area contributed by atoms with E-state index in [0.29, 0.717) is 4.75 Å². The lowest BCUT2D eigenvalue weighted by Gasteiger charge is -2.27. The van der Waals surface area contributed by atoms with Gasteiger partial charge in [-0.3, -0.25) is 0 Å². The van der Waals surface area contributed by atoms with E-state index in [-0.39, 0.29) is 0 Å². The zero-order valence-electron chi connectivity index (χ0n) is 11.2. The van der Waals surface area contributed by atoms with E-state index >= 15 is 0 Å². The van der Waals surface area contributed by atoms with Crippen LogP contribution in [0.15, 0.2) is 0 Å². The molecule has 0 aliphatic carbocycles. The van der Waals surface area contributed by atoms with Crippen LogP contribution in [0.25, 0.3) is 0 Å². The second-order valence-electron chi connectivity index (χ2n) is 5.71. The van der Waals surface area contributed by atoms with Crippen molar-refractivity contribution in [1.82, 2.24) is 10.2 Å². The van der Waals surface area contributed by atoms with E-state index in [0.717, 1.165) is 6.04 Å². The van der Waals surface area contributed by atoms with Gasteiger partial charge in [0.2, 0.25) is 0 Å². The maximum Gasteiger partial charge on any atom is 0.0170 e. The minimum atomic E-state index is 0.494. The molecule has 0 aromatic rings. The van der Waals surface area contributed by atoms with Gasteiger partial charge in [-0.15, -0.1) is 0 Å². The Labute approximate surface area is 115 Å². The van der Waals surface area contributed by atoms with Gasteiger partial charge in [0.1, 0.15) is 0 Å². The summed E-state index contributed by atoms with van der Waals surface area (Å²) in [6, 6.07) is 0.762. The molecule has 1 atom stereocenters. The molecule has 17 heavy (non-hydrogen) atoms. The van der Waals surface area contributed by atoms with Crippen molar-refractivity contribution in [3.8, 4) is 0 Å². The first-order chi connectivity index (χ1) is 8.16. The summed E-state index contributed by atoms with van der Waals surface area (Å²) in [5, 5.41) is 3.64. The molecule has 2 heterocycles. The van der Waals surface area contributed by atoms with Gasteiger partial charge in [-0.2, -0.15) is 23.5 Å². The lowest BCUT2D eigenvalue weighted by atomic mass is 10.1. The fourth-order valence-electron chi connectivity index (χ4n) is 2.43. The van der Waals surface area contributed by atoms with Gasteiger partial charge < -0.3 is 10.2 Å². The standard InChI is InChI=1S/C13H26N2S2/c1-13(2)4-7-15(8-10-17-13)6-3-12-11-16-9-5-14-12/h12,14H,3-11H2,1-2H3. The predicted molar refractivity (Wildman–Crippen MR) is 81.3 cm³/mol.